The average Bonchev–Trinajstić information content (AvgIpc) is 2.87. The highest BCUT2D eigenvalue weighted by atomic mass is 16.6. The smallest absolute Gasteiger partial charge is 0.306 e. The molecule has 24 heavy (non-hydrogen) atoms. The zero-order chi connectivity index (χ0) is 18.0. The van der Waals surface area contributed by atoms with Crippen LogP contribution >= 0.6 is 0 Å². The summed E-state index contributed by atoms with van der Waals surface area (Å²) in [6.07, 6.45) is 4.26. The number of esters is 1. The maximum Gasteiger partial charge on any atom is 0.306 e. The number of hydrogen-bond donors (Lipinski definition) is 1. The Labute approximate surface area is 142 Å². The lowest BCUT2D eigenvalue weighted by atomic mass is 9.98. The molecule has 0 unspecified atom stereocenters. The van der Waals surface area contributed by atoms with Gasteiger partial charge < -0.3 is 14.5 Å². The lowest BCUT2D eigenvalue weighted by Gasteiger charge is -2.26. The monoisotopic (exact) mass is 331 g/mol. The number of pyridine rings is 1. The van der Waals surface area contributed by atoms with Gasteiger partial charge in [-0.05, 0) is 53.2 Å². The van der Waals surface area contributed by atoms with Crippen molar-refractivity contribution in [2.75, 3.05) is 0 Å². The van der Waals surface area contributed by atoms with Crippen molar-refractivity contribution in [3.8, 4) is 0 Å². The van der Waals surface area contributed by atoms with Crippen LogP contribution in [0.4, 0.5) is 0 Å². The molecule has 2 aromatic rings. The van der Waals surface area contributed by atoms with E-state index in [1.165, 1.54) is 0 Å². The number of carbonyl (C=O) groups excluding carboxylic acids is 2. The van der Waals surface area contributed by atoms with Crippen LogP contribution < -0.4 is 5.32 Å². The first-order chi connectivity index (χ1) is 11.1. The van der Waals surface area contributed by atoms with Crippen molar-refractivity contribution in [3.05, 3.63) is 36.3 Å². The third kappa shape index (κ3) is 5.08. The molecule has 2 rings (SSSR count). The summed E-state index contributed by atoms with van der Waals surface area (Å²) in [6.45, 7) is 9.26. The fraction of sp³-hybridized carbons (Fsp3) is 0.500. The summed E-state index contributed by atoms with van der Waals surface area (Å²) < 4.78 is 7.09. The van der Waals surface area contributed by atoms with Crippen LogP contribution in [0.25, 0.3) is 5.65 Å². The van der Waals surface area contributed by atoms with Crippen molar-refractivity contribution in [3.63, 3.8) is 0 Å². The number of imidazole rings is 1. The van der Waals surface area contributed by atoms with E-state index in [2.05, 4.69) is 10.3 Å². The molecule has 0 saturated carbocycles. The number of amides is 1. The molecular formula is C18H25N3O3. The molecule has 0 spiro atoms. The molecular weight excluding hydrogens is 306 g/mol. The third-order valence-electron chi connectivity index (χ3n) is 3.42. The van der Waals surface area contributed by atoms with Crippen LogP contribution in [0, 0.1) is 0 Å². The van der Waals surface area contributed by atoms with Gasteiger partial charge in [-0.2, -0.15) is 0 Å². The minimum absolute atomic E-state index is 0.246. The number of rotatable bonds is 5. The molecule has 0 aromatic carbocycles. The number of nitrogens with one attached hydrogen (secondary N) is 1. The Kier molecular flexibility index (Phi) is 4.96. The molecule has 0 bridgehead atoms. The average molecular weight is 331 g/mol. The molecule has 6 heteroatoms. The summed E-state index contributed by atoms with van der Waals surface area (Å²) >= 11 is 0. The van der Waals surface area contributed by atoms with Crippen molar-refractivity contribution >= 4 is 17.5 Å². The summed E-state index contributed by atoms with van der Waals surface area (Å²) in [7, 11) is 0. The van der Waals surface area contributed by atoms with E-state index in [1.54, 1.807) is 10.6 Å². The van der Waals surface area contributed by atoms with Gasteiger partial charge in [-0.15, -0.1) is 0 Å². The van der Waals surface area contributed by atoms with Crippen LogP contribution in [0.2, 0.25) is 0 Å². The molecule has 2 heterocycles. The fourth-order valence-electron chi connectivity index (χ4n) is 2.29. The van der Waals surface area contributed by atoms with E-state index in [4.69, 9.17) is 4.74 Å². The Morgan fingerprint density at radius 2 is 1.92 bits per heavy atom. The molecule has 130 valence electrons. The van der Waals surface area contributed by atoms with Gasteiger partial charge >= 0.3 is 5.97 Å². The van der Waals surface area contributed by atoms with Gasteiger partial charge in [0.1, 0.15) is 16.9 Å². The van der Waals surface area contributed by atoms with Gasteiger partial charge in [0.2, 0.25) is 0 Å². The summed E-state index contributed by atoms with van der Waals surface area (Å²) in [6, 6.07) is 5.58. The van der Waals surface area contributed by atoms with Crippen molar-refractivity contribution in [2.45, 2.75) is 58.6 Å². The van der Waals surface area contributed by atoms with Crippen molar-refractivity contribution in [2.24, 2.45) is 0 Å². The highest BCUT2D eigenvalue weighted by Gasteiger charge is 2.25. The summed E-state index contributed by atoms with van der Waals surface area (Å²) in [5.41, 5.74) is 0.0332. The standard InChI is InChI=1S/C18H25N3O3/c1-17(2,3)24-15(22)9-10-18(4,5)20-16(23)13-12-21-11-7-6-8-14(21)19-13/h6-8,11-12H,9-10H2,1-5H3,(H,20,23). The van der Waals surface area contributed by atoms with E-state index in [-0.39, 0.29) is 18.3 Å². The highest BCUT2D eigenvalue weighted by molar-refractivity contribution is 5.93. The first-order valence-corrected chi connectivity index (χ1v) is 8.04. The normalized spacial score (nSPS) is 12.2. The van der Waals surface area contributed by atoms with Gasteiger partial charge in [0.15, 0.2) is 0 Å². The topological polar surface area (TPSA) is 72.7 Å². The Morgan fingerprint density at radius 3 is 2.54 bits per heavy atom. The molecule has 6 nitrogen and oxygen atoms in total. The third-order valence-corrected chi connectivity index (χ3v) is 3.42. The van der Waals surface area contributed by atoms with Gasteiger partial charge in [0.25, 0.3) is 5.91 Å². The van der Waals surface area contributed by atoms with E-state index < -0.39 is 11.1 Å². The molecule has 1 amide bonds. The van der Waals surface area contributed by atoms with Crippen LogP contribution in [0.5, 0.6) is 0 Å². The summed E-state index contributed by atoms with van der Waals surface area (Å²) in [5, 5.41) is 2.93. The second-order valence-corrected chi connectivity index (χ2v) is 7.52. The van der Waals surface area contributed by atoms with E-state index in [1.807, 2.05) is 59.0 Å². The van der Waals surface area contributed by atoms with Crippen LogP contribution in [0.15, 0.2) is 30.6 Å². The summed E-state index contributed by atoms with van der Waals surface area (Å²) in [5.74, 6) is -0.523. The largest absolute Gasteiger partial charge is 0.460 e. The van der Waals surface area contributed by atoms with Gasteiger partial charge in [0, 0.05) is 24.4 Å². The Hall–Kier alpha value is -2.37. The molecule has 0 fully saturated rings. The van der Waals surface area contributed by atoms with Crippen LogP contribution in [-0.4, -0.2) is 32.4 Å². The molecule has 0 aliphatic heterocycles. The van der Waals surface area contributed by atoms with E-state index >= 15 is 0 Å². The van der Waals surface area contributed by atoms with Crippen molar-refractivity contribution in [1.82, 2.24) is 14.7 Å². The molecule has 2 aromatic heterocycles. The first kappa shape index (κ1) is 18.0. The number of ether oxygens (including phenoxy) is 1. The number of fused-ring (bicyclic) bond motifs is 1. The quantitative estimate of drug-likeness (QED) is 0.855. The van der Waals surface area contributed by atoms with Gasteiger partial charge in [0.05, 0.1) is 0 Å². The minimum atomic E-state index is -0.538. The predicted octanol–water partition coefficient (Wildman–Crippen LogP) is 2.96. The molecule has 0 saturated heterocycles. The molecule has 0 atom stereocenters. The van der Waals surface area contributed by atoms with Crippen LogP contribution in [0.1, 0.15) is 57.9 Å². The first-order valence-electron chi connectivity index (χ1n) is 8.04. The number of aromatic nitrogens is 2. The Bertz CT molecular complexity index is 708. The zero-order valence-corrected chi connectivity index (χ0v) is 14.9. The van der Waals surface area contributed by atoms with Crippen molar-refractivity contribution in [1.29, 1.82) is 0 Å². The Morgan fingerprint density at radius 1 is 1.21 bits per heavy atom. The second-order valence-electron chi connectivity index (χ2n) is 7.52. The van der Waals surface area contributed by atoms with Gasteiger partial charge in [-0.1, -0.05) is 6.07 Å². The van der Waals surface area contributed by atoms with E-state index in [9.17, 15) is 9.59 Å². The number of carbonyl (C=O) groups is 2. The minimum Gasteiger partial charge on any atom is -0.460 e. The molecule has 0 aliphatic rings. The predicted molar refractivity (Wildman–Crippen MR) is 91.8 cm³/mol. The van der Waals surface area contributed by atoms with Gasteiger partial charge in [-0.3, -0.25) is 9.59 Å². The maximum atomic E-state index is 12.4. The lowest BCUT2D eigenvalue weighted by Crippen LogP contribution is -2.44. The van der Waals surface area contributed by atoms with Gasteiger partial charge in [-0.25, -0.2) is 4.98 Å². The lowest BCUT2D eigenvalue weighted by molar-refractivity contribution is -0.155. The van der Waals surface area contributed by atoms with Crippen LogP contribution in [-0.2, 0) is 9.53 Å². The number of nitrogens with zero attached hydrogens (tertiary/aromatic N) is 2. The maximum absolute atomic E-state index is 12.4. The zero-order valence-electron chi connectivity index (χ0n) is 14.9. The molecule has 0 radical (unpaired) electrons. The van der Waals surface area contributed by atoms with E-state index in [0.29, 0.717) is 17.8 Å². The van der Waals surface area contributed by atoms with E-state index in [0.717, 1.165) is 0 Å². The SMILES string of the molecule is CC(C)(CCC(=O)OC(C)(C)C)NC(=O)c1cn2ccccc2n1. The molecule has 1 N–H and O–H groups in total. The van der Waals surface area contributed by atoms with Crippen LogP contribution in [0.3, 0.4) is 0 Å². The van der Waals surface area contributed by atoms with Crippen molar-refractivity contribution < 1.29 is 14.3 Å². The summed E-state index contributed by atoms with van der Waals surface area (Å²) in [4.78, 5) is 28.5. The number of hydrogen-bond acceptors (Lipinski definition) is 4. The Balaban J connectivity index is 1.95. The second kappa shape index (κ2) is 6.63. The fourth-order valence-corrected chi connectivity index (χ4v) is 2.29. The molecule has 0 aliphatic carbocycles. The highest BCUT2D eigenvalue weighted by Crippen LogP contribution is 2.16.